The lowest BCUT2D eigenvalue weighted by Crippen LogP contribution is -2.11. The zero-order valence-corrected chi connectivity index (χ0v) is 10.3. The average molecular weight is 204 g/mol. The molecule has 0 spiro atoms. The number of hydrogen-bond acceptors (Lipinski definition) is 2. The molecule has 0 aliphatic carbocycles. The molecule has 0 saturated heterocycles. The van der Waals surface area contributed by atoms with Gasteiger partial charge in [0.1, 0.15) is 0 Å². The predicted molar refractivity (Wildman–Crippen MR) is 68.1 cm³/mol. The van der Waals surface area contributed by atoms with Crippen LogP contribution in [0.4, 0.5) is 5.69 Å². The van der Waals surface area contributed by atoms with E-state index in [1.807, 2.05) is 7.05 Å². The van der Waals surface area contributed by atoms with E-state index in [1.165, 1.54) is 22.5 Å². The van der Waals surface area contributed by atoms with Gasteiger partial charge < -0.3 is 10.2 Å². The van der Waals surface area contributed by atoms with Gasteiger partial charge in [-0.05, 0) is 25.5 Å². The Bertz CT molecular complexity index is 365. The van der Waals surface area contributed by atoms with Gasteiger partial charge in [-0.25, -0.2) is 0 Å². The Morgan fingerprint density at radius 2 is 2.00 bits per heavy atom. The summed E-state index contributed by atoms with van der Waals surface area (Å²) < 4.78 is 0. The maximum atomic E-state index is 3.24. The molecule has 0 aliphatic rings. The van der Waals surface area contributed by atoms with Crippen molar-refractivity contribution in [2.24, 2.45) is 0 Å². The molecule has 2 heteroatoms. The van der Waals surface area contributed by atoms with Crippen LogP contribution in [0.2, 0.25) is 0 Å². The molecule has 1 rings (SSSR count). The topological polar surface area (TPSA) is 15.3 Å². The lowest BCUT2D eigenvalue weighted by atomic mass is 10.1. The number of nitrogens with one attached hydrogen (secondary N) is 1. The zero-order chi connectivity index (χ0) is 11.4. The molecule has 0 unspecified atom stereocenters. The van der Waals surface area contributed by atoms with E-state index in [0.717, 1.165) is 0 Å². The van der Waals surface area contributed by atoms with Crippen molar-refractivity contribution < 1.29 is 0 Å². The standard InChI is InChI=1S/C13H20N2/c1-6-13(15(4)5)11-8-7-10(2)9-12(11)14-3/h6-9,14H,1-5H3/b13-6+. The summed E-state index contributed by atoms with van der Waals surface area (Å²) in [7, 11) is 6.09. The Morgan fingerprint density at radius 3 is 2.47 bits per heavy atom. The molecule has 0 aromatic heterocycles. The van der Waals surface area contributed by atoms with E-state index < -0.39 is 0 Å². The summed E-state index contributed by atoms with van der Waals surface area (Å²) in [5.74, 6) is 0. The van der Waals surface area contributed by atoms with Crippen molar-refractivity contribution in [2.45, 2.75) is 13.8 Å². The highest BCUT2D eigenvalue weighted by atomic mass is 15.1. The van der Waals surface area contributed by atoms with Gasteiger partial charge in [0.05, 0.1) is 0 Å². The van der Waals surface area contributed by atoms with Crippen molar-refractivity contribution >= 4 is 11.4 Å². The second-order valence-corrected chi connectivity index (χ2v) is 3.87. The number of anilines is 1. The Labute approximate surface area is 92.6 Å². The predicted octanol–water partition coefficient (Wildman–Crippen LogP) is 2.96. The minimum Gasteiger partial charge on any atom is -0.388 e. The van der Waals surface area contributed by atoms with Crippen molar-refractivity contribution in [2.75, 3.05) is 26.5 Å². The van der Waals surface area contributed by atoms with Crippen LogP contribution in [-0.2, 0) is 0 Å². The summed E-state index contributed by atoms with van der Waals surface area (Å²) in [5.41, 5.74) is 4.93. The number of rotatable bonds is 3. The second-order valence-electron chi connectivity index (χ2n) is 3.87. The largest absolute Gasteiger partial charge is 0.388 e. The van der Waals surface area contributed by atoms with Gasteiger partial charge in [0.15, 0.2) is 0 Å². The summed E-state index contributed by atoms with van der Waals surface area (Å²) in [4.78, 5) is 2.13. The van der Waals surface area contributed by atoms with Crippen LogP contribution in [0.1, 0.15) is 18.1 Å². The highest BCUT2D eigenvalue weighted by molar-refractivity contribution is 5.75. The molecule has 0 aliphatic heterocycles. The molecule has 1 aromatic rings. The number of allylic oxidation sites excluding steroid dienone is 1. The van der Waals surface area contributed by atoms with Crippen molar-refractivity contribution in [3.8, 4) is 0 Å². The molecule has 0 heterocycles. The average Bonchev–Trinajstić information content (AvgIpc) is 2.20. The second kappa shape index (κ2) is 4.87. The number of aryl methyl sites for hydroxylation is 1. The smallest absolute Gasteiger partial charge is 0.0434 e. The van der Waals surface area contributed by atoms with Gasteiger partial charge in [0.25, 0.3) is 0 Å². The summed E-state index contributed by atoms with van der Waals surface area (Å²) >= 11 is 0. The molecule has 0 bridgehead atoms. The first-order valence-electron chi connectivity index (χ1n) is 5.22. The Hall–Kier alpha value is -1.44. The molecule has 82 valence electrons. The van der Waals surface area contributed by atoms with Gasteiger partial charge in [-0.2, -0.15) is 0 Å². The van der Waals surface area contributed by atoms with E-state index in [-0.39, 0.29) is 0 Å². The van der Waals surface area contributed by atoms with Gasteiger partial charge in [0, 0.05) is 38.1 Å². The molecule has 1 N–H and O–H groups in total. The van der Waals surface area contributed by atoms with Crippen LogP contribution in [0.15, 0.2) is 24.3 Å². The lowest BCUT2D eigenvalue weighted by Gasteiger charge is -2.20. The molecule has 2 nitrogen and oxygen atoms in total. The first-order chi connectivity index (χ1) is 7.10. The molecule has 0 fully saturated rings. The Morgan fingerprint density at radius 1 is 1.33 bits per heavy atom. The van der Waals surface area contributed by atoms with Gasteiger partial charge in [-0.3, -0.25) is 0 Å². The van der Waals surface area contributed by atoms with Gasteiger partial charge >= 0.3 is 0 Å². The van der Waals surface area contributed by atoms with E-state index in [9.17, 15) is 0 Å². The van der Waals surface area contributed by atoms with Crippen molar-refractivity contribution in [3.05, 3.63) is 35.4 Å². The minimum absolute atomic E-state index is 1.18. The van der Waals surface area contributed by atoms with Gasteiger partial charge in [-0.1, -0.05) is 18.2 Å². The molecule has 1 aromatic carbocycles. The summed E-state index contributed by atoms with van der Waals surface area (Å²) in [6, 6.07) is 6.47. The molecule has 0 atom stereocenters. The normalized spacial score (nSPS) is 11.4. The highest BCUT2D eigenvalue weighted by Crippen LogP contribution is 2.25. The number of hydrogen-bond donors (Lipinski definition) is 1. The highest BCUT2D eigenvalue weighted by Gasteiger charge is 2.07. The maximum absolute atomic E-state index is 3.24. The fourth-order valence-electron chi connectivity index (χ4n) is 1.74. The lowest BCUT2D eigenvalue weighted by molar-refractivity contribution is 0.591. The van der Waals surface area contributed by atoms with E-state index in [0.29, 0.717) is 0 Å². The van der Waals surface area contributed by atoms with Crippen LogP contribution in [0, 0.1) is 6.92 Å². The van der Waals surface area contributed by atoms with E-state index in [4.69, 9.17) is 0 Å². The first kappa shape index (κ1) is 11.6. The molecule has 0 radical (unpaired) electrons. The van der Waals surface area contributed by atoms with Crippen molar-refractivity contribution in [1.29, 1.82) is 0 Å². The van der Waals surface area contributed by atoms with Gasteiger partial charge in [-0.15, -0.1) is 0 Å². The van der Waals surface area contributed by atoms with Crippen molar-refractivity contribution in [3.63, 3.8) is 0 Å². The zero-order valence-electron chi connectivity index (χ0n) is 10.3. The summed E-state index contributed by atoms with van der Waals surface area (Å²) in [6.07, 6.45) is 2.13. The van der Waals surface area contributed by atoms with E-state index in [1.54, 1.807) is 0 Å². The molecule has 15 heavy (non-hydrogen) atoms. The summed E-state index contributed by atoms with van der Waals surface area (Å²) in [6.45, 7) is 4.17. The van der Waals surface area contributed by atoms with Crippen LogP contribution in [-0.4, -0.2) is 26.0 Å². The molecular weight excluding hydrogens is 184 g/mol. The number of benzene rings is 1. The van der Waals surface area contributed by atoms with E-state index in [2.05, 4.69) is 62.4 Å². The third-order valence-corrected chi connectivity index (χ3v) is 2.48. The van der Waals surface area contributed by atoms with Crippen LogP contribution in [0.25, 0.3) is 5.70 Å². The first-order valence-corrected chi connectivity index (χ1v) is 5.22. The molecule has 0 saturated carbocycles. The van der Waals surface area contributed by atoms with Crippen molar-refractivity contribution in [1.82, 2.24) is 4.90 Å². The Balaban J connectivity index is 3.24. The van der Waals surface area contributed by atoms with Gasteiger partial charge in [0.2, 0.25) is 0 Å². The van der Waals surface area contributed by atoms with Crippen LogP contribution in [0.5, 0.6) is 0 Å². The van der Waals surface area contributed by atoms with Crippen LogP contribution >= 0.6 is 0 Å². The fraction of sp³-hybridized carbons (Fsp3) is 0.385. The SMILES string of the molecule is C/C=C(\c1ccc(C)cc1NC)N(C)C. The third kappa shape index (κ3) is 2.52. The quantitative estimate of drug-likeness (QED) is 0.814. The monoisotopic (exact) mass is 204 g/mol. The molecule has 0 amide bonds. The molecular formula is C13H20N2. The maximum Gasteiger partial charge on any atom is 0.0434 e. The van der Waals surface area contributed by atoms with Crippen LogP contribution < -0.4 is 5.32 Å². The minimum atomic E-state index is 1.18. The summed E-state index contributed by atoms with van der Waals surface area (Å²) in [5, 5.41) is 3.24. The Kier molecular flexibility index (Phi) is 3.78. The van der Waals surface area contributed by atoms with E-state index >= 15 is 0 Å². The number of nitrogens with zero attached hydrogens (tertiary/aromatic N) is 1. The third-order valence-electron chi connectivity index (χ3n) is 2.48. The fourth-order valence-corrected chi connectivity index (χ4v) is 1.74. The van der Waals surface area contributed by atoms with Crippen LogP contribution in [0.3, 0.4) is 0 Å².